The zero-order valence-corrected chi connectivity index (χ0v) is 12.2. The molecule has 0 spiro atoms. The van der Waals surface area contributed by atoms with E-state index in [4.69, 9.17) is 0 Å². The van der Waals surface area contributed by atoms with E-state index in [0.29, 0.717) is 12.0 Å². The van der Waals surface area contributed by atoms with Crippen molar-refractivity contribution in [1.29, 1.82) is 0 Å². The Morgan fingerprint density at radius 1 is 1.25 bits per heavy atom. The smallest absolute Gasteiger partial charge is 0.264 e. The SMILES string of the molecule is CCCCCS(=O)(=O)NC(=O)c1ccc2[nH]ccc2c1. The number of unbranched alkanes of at least 4 members (excludes halogenated alkanes) is 2. The van der Waals surface area contributed by atoms with E-state index in [9.17, 15) is 13.2 Å². The number of hydrogen-bond donors (Lipinski definition) is 2. The number of nitrogens with one attached hydrogen (secondary N) is 2. The highest BCUT2D eigenvalue weighted by atomic mass is 32.2. The van der Waals surface area contributed by atoms with Crippen LogP contribution in [0.15, 0.2) is 30.5 Å². The van der Waals surface area contributed by atoms with Crippen molar-refractivity contribution in [2.24, 2.45) is 0 Å². The van der Waals surface area contributed by atoms with E-state index in [1.807, 2.05) is 13.0 Å². The zero-order valence-electron chi connectivity index (χ0n) is 11.3. The van der Waals surface area contributed by atoms with Gasteiger partial charge in [0.05, 0.1) is 5.75 Å². The lowest BCUT2D eigenvalue weighted by Crippen LogP contribution is -2.32. The fraction of sp³-hybridized carbons (Fsp3) is 0.357. The van der Waals surface area contributed by atoms with Crippen LogP contribution >= 0.6 is 0 Å². The number of carbonyl (C=O) groups is 1. The van der Waals surface area contributed by atoms with Gasteiger partial charge in [-0.05, 0) is 30.7 Å². The minimum absolute atomic E-state index is 0.0149. The summed E-state index contributed by atoms with van der Waals surface area (Å²) < 4.78 is 25.6. The molecule has 0 unspecified atom stereocenters. The molecule has 0 aliphatic rings. The van der Waals surface area contributed by atoms with Gasteiger partial charge in [0.15, 0.2) is 0 Å². The number of aromatic nitrogens is 1. The topological polar surface area (TPSA) is 79.0 Å². The number of aromatic amines is 1. The number of benzene rings is 1. The fourth-order valence-electron chi connectivity index (χ4n) is 1.99. The van der Waals surface area contributed by atoms with Gasteiger partial charge in [-0.25, -0.2) is 13.1 Å². The second kappa shape index (κ2) is 6.09. The summed E-state index contributed by atoms with van der Waals surface area (Å²) in [6.07, 6.45) is 4.11. The van der Waals surface area contributed by atoms with Crippen molar-refractivity contribution >= 4 is 26.8 Å². The maximum Gasteiger partial charge on any atom is 0.264 e. The average molecular weight is 294 g/mol. The van der Waals surface area contributed by atoms with Gasteiger partial charge in [0.1, 0.15) is 0 Å². The van der Waals surface area contributed by atoms with Crippen molar-refractivity contribution in [2.45, 2.75) is 26.2 Å². The predicted octanol–water partition coefficient (Wildman–Crippen LogP) is 2.42. The Hall–Kier alpha value is -1.82. The summed E-state index contributed by atoms with van der Waals surface area (Å²) in [7, 11) is -3.55. The van der Waals surface area contributed by atoms with Gasteiger partial charge >= 0.3 is 0 Å². The van der Waals surface area contributed by atoms with E-state index in [0.717, 1.165) is 23.7 Å². The van der Waals surface area contributed by atoms with E-state index in [1.165, 1.54) is 0 Å². The molecule has 5 nitrogen and oxygen atoms in total. The lowest BCUT2D eigenvalue weighted by Gasteiger charge is -2.06. The van der Waals surface area contributed by atoms with E-state index >= 15 is 0 Å². The molecule has 0 atom stereocenters. The Labute approximate surface area is 118 Å². The Balaban J connectivity index is 2.07. The van der Waals surface area contributed by atoms with Crippen molar-refractivity contribution in [3.05, 3.63) is 36.0 Å². The molecule has 6 heteroatoms. The summed E-state index contributed by atoms with van der Waals surface area (Å²) in [4.78, 5) is 15.0. The third-order valence-electron chi connectivity index (χ3n) is 3.08. The molecule has 0 bridgehead atoms. The molecule has 1 heterocycles. The molecule has 1 amide bonds. The molecule has 2 aromatic rings. The third kappa shape index (κ3) is 3.60. The van der Waals surface area contributed by atoms with Crippen LogP contribution in [0.25, 0.3) is 10.9 Å². The highest BCUT2D eigenvalue weighted by Gasteiger charge is 2.15. The molecule has 20 heavy (non-hydrogen) atoms. The van der Waals surface area contributed by atoms with Gasteiger partial charge in [0.2, 0.25) is 10.0 Å². The number of H-pyrrole nitrogens is 1. The number of amides is 1. The summed E-state index contributed by atoms with van der Waals surface area (Å²) in [5.74, 6) is -0.594. The van der Waals surface area contributed by atoms with Gasteiger partial charge in [0, 0.05) is 22.7 Å². The van der Waals surface area contributed by atoms with Gasteiger partial charge in [-0.2, -0.15) is 0 Å². The number of sulfonamides is 1. The summed E-state index contributed by atoms with van der Waals surface area (Å²) in [5, 5.41) is 0.876. The normalized spacial score (nSPS) is 11.7. The van der Waals surface area contributed by atoms with E-state index in [2.05, 4.69) is 9.71 Å². The Kier molecular flexibility index (Phi) is 4.44. The van der Waals surface area contributed by atoms with E-state index in [-0.39, 0.29) is 5.75 Å². The molecule has 0 fully saturated rings. The second-order valence-electron chi connectivity index (χ2n) is 4.74. The molecule has 108 valence electrons. The van der Waals surface area contributed by atoms with Crippen LogP contribution in [0.4, 0.5) is 0 Å². The number of carbonyl (C=O) groups excluding carboxylic acids is 1. The van der Waals surface area contributed by atoms with Crippen molar-refractivity contribution in [1.82, 2.24) is 9.71 Å². The fourth-order valence-corrected chi connectivity index (χ4v) is 3.07. The number of fused-ring (bicyclic) bond motifs is 1. The second-order valence-corrected chi connectivity index (χ2v) is 6.58. The lowest BCUT2D eigenvalue weighted by atomic mass is 10.1. The Bertz CT molecular complexity index is 704. The minimum atomic E-state index is -3.55. The van der Waals surface area contributed by atoms with Crippen LogP contribution in [0.3, 0.4) is 0 Å². The largest absolute Gasteiger partial charge is 0.361 e. The molecule has 2 rings (SSSR count). The Morgan fingerprint density at radius 3 is 2.80 bits per heavy atom. The van der Waals surface area contributed by atoms with Gasteiger partial charge in [-0.3, -0.25) is 4.79 Å². The van der Waals surface area contributed by atoms with Crippen molar-refractivity contribution in [3.63, 3.8) is 0 Å². The van der Waals surface area contributed by atoms with Crippen LogP contribution in [0, 0.1) is 0 Å². The molecule has 1 aromatic carbocycles. The van der Waals surface area contributed by atoms with Crippen molar-refractivity contribution in [3.8, 4) is 0 Å². The standard InChI is InChI=1S/C14H18N2O3S/c1-2-3-4-9-20(18,19)16-14(17)12-5-6-13-11(10-12)7-8-15-13/h5-8,10,15H,2-4,9H2,1H3,(H,16,17). The Morgan fingerprint density at radius 2 is 2.05 bits per heavy atom. The highest BCUT2D eigenvalue weighted by molar-refractivity contribution is 7.90. The van der Waals surface area contributed by atoms with Gasteiger partial charge < -0.3 is 4.98 Å². The molecule has 2 N–H and O–H groups in total. The van der Waals surface area contributed by atoms with Crippen LogP contribution in [-0.4, -0.2) is 25.1 Å². The molecule has 0 radical (unpaired) electrons. The predicted molar refractivity (Wildman–Crippen MR) is 79.1 cm³/mol. The summed E-state index contributed by atoms with van der Waals surface area (Å²) in [6, 6.07) is 6.87. The molecule has 0 saturated carbocycles. The van der Waals surface area contributed by atoms with Gasteiger partial charge in [0.25, 0.3) is 5.91 Å². The number of rotatable bonds is 6. The first kappa shape index (κ1) is 14.6. The zero-order chi connectivity index (χ0) is 14.6. The van der Waals surface area contributed by atoms with Crippen LogP contribution in [0.5, 0.6) is 0 Å². The highest BCUT2D eigenvalue weighted by Crippen LogP contribution is 2.14. The van der Waals surface area contributed by atoms with Gasteiger partial charge in [-0.1, -0.05) is 19.8 Å². The summed E-state index contributed by atoms with van der Waals surface area (Å²) in [6.45, 7) is 2.00. The maximum atomic E-state index is 12.0. The van der Waals surface area contributed by atoms with Crippen LogP contribution in [-0.2, 0) is 10.0 Å². The molecule has 0 aliphatic heterocycles. The van der Waals surface area contributed by atoms with Crippen molar-refractivity contribution < 1.29 is 13.2 Å². The quantitative estimate of drug-likeness (QED) is 0.803. The van der Waals surface area contributed by atoms with E-state index in [1.54, 1.807) is 24.4 Å². The first-order chi connectivity index (χ1) is 9.52. The molecular weight excluding hydrogens is 276 g/mol. The van der Waals surface area contributed by atoms with Crippen LogP contribution in [0.2, 0.25) is 0 Å². The van der Waals surface area contributed by atoms with E-state index < -0.39 is 15.9 Å². The summed E-state index contributed by atoms with van der Waals surface area (Å²) >= 11 is 0. The first-order valence-corrected chi connectivity index (χ1v) is 8.29. The first-order valence-electron chi connectivity index (χ1n) is 6.64. The summed E-state index contributed by atoms with van der Waals surface area (Å²) in [5.41, 5.74) is 1.25. The average Bonchev–Trinajstić information content (AvgIpc) is 2.85. The minimum Gasteiger partial charge on any atom is -0.361 e. The molecule has 0 saturated heterocycles. The van der Waals surface area contributed by atoms with Crippen molar-refractivity contribution in [2.75, 3.05) is 5.75 Å². The monoisotopic (exact) mass is 294 g/mol. The maximum absolute atomic E-state index is 12.0. The van der Waals surface area contributed by atoms with Gasteiger partial charge in [-0.15, -0.1) is 0 Å². The molecule has 0 aliphatic carbocycles. The third-order valence-corrected chi connectivity index (χ3v) is 4.40. The number of hydrogen-bond acceptors (Lipinski definition) is 3. The van der Waals surface area contributed by atoms with Crippen LogP contribution < -0.4 is 4.72 Å². The molecular formula is C14H18N2O3S. The lowest BCUT2D eigenvalue weighted by molar-refractivity contribution is 0.0981. The van der Waals surface area contributed by atoms with Crippen LogP contribution in [0.1, 0.15) is 36.5 Å². The molecule has 1 aromatic heterocycles.